The monoisotopic (exact) mass is 236 g/mol. The Morgan fingerprint density at radius 1 is 1.29 bits per heavy atom. The van der Waals surface area contributed by atoms with Crippen molar-refractivity contribution >= 4 is 0 Å². The van der Waals surface area contributed by atoms with Crippen LogP contribution in [0, 0.1) is 0 Å². The van der Waals surface area contributed by atoms with Crippen molar-refractivity contribution in [3.05, 3.63) is 29.8 Å². The van der Waals surface area contributed by atoms with Crippen LogP contribution < -0.4 is 4.74 Å². The van der Waals surface area contributed by atoms with Gasteiger partial charge in [-0.1, -0.05) is 12.1 Å². The summed E-state index contributed by atoms with van der Waals surface area (Å²) in [5, 5.41) is 10.2. The second kappa shape index (κ2) is 5.07. The standard InChI is InChI=1S/C14H20O3/c1-3-16-10-14(2,15)11-4-6-12(7-5-11)17-13-8-9-13/h4-7,13,15H,3,8-10H2,1-2H3. The molecule has 94 valence electrons. The van der Waals surface area contributed by atoms with E-state index >= 15 is 0 Å². The molecule has 1 aromatic carbocycles. The molecule has 1 aliphatic rings. The molecular weight excluding hydrogens is 216 g/mol. The van der Waals surface area contributed by atoms with E-state index in [4.69, 9.17) is 9.47 Å². The van der Waals surface area contributed by atoms with Gasteiger partial charge in [0.25, 0.3) is 0 Å². The van der Waals surface area contributed by atoms with Gasteiger partial charge in [-0.25, -0.2) is 0 Å². The van der Waals surface area contributed by atoms with E-state index in [1.54, 1.807) is 6.92 Å². The van der Waals surface area contributed by atoms with Crippen molar-refractivity contribution < 1.29 is 14.6 Å². The third-order valence-electron chi connectivity index (χ3n) is 2.89. The first-order valence-corrected chi connectivity index (χ1v) is 6.19. The predicted octanol–water partition coefficient (Wildman–Crippen LogP) is 2.47. The average Bonchev–Trinajstić information content (AvgIpc) is 3.11. The second-order valence-electron chi connectivity index (χ2n) is 4.75. The summed E-state index contributed by atoms with van der Waals surface area (Å²) in [4.78, 5) is 0. The summed E-state index contributed by atoms with van der Waals surface area (Å²) in [7, 11) is 0. The minimum absolute atomic E-state index is 0.312. The van der Waals surface area contributed by atoms with Gasteiger partial charge >= 0.3 is 0 Å². The number of ether oxygens (including phenoxy) is 2. The van der Waals surface area contributed by atoms with Gasteiger partial charge in [-0.2, -0.15) is 0 Å². The van der Waals surface area contributed by atoms with Gasteiger partial charge in [-0.15, -0.1) is 0 Å². The summed E-state index contributed by atoms with van der Waals surface area (Å²) < 4.78 is 10.9. The van der Waals surface area contributed by atoms with Gasteiger partial charge in [0.1, 0.15) is 11.4 Å². The summed E-state index contributed by atoms with van der Waals surface area (Å²) in [5.74, 6) is 0.878. The van der Waals surface area contributed by atoms with Crippen molar-refractivity contribution in [2.24, 2.45) is 0 Å². The molecule has 2 rings (SSSR count). The molecule has 1 N–H and O–H groups in total. The minimum Gasteiger partial charge on any atom is -0.490 e. The highest BCUT2D eigenvalue weighted by atomic mass is 16.5. The predicted molar refractivity (Wildman–Crippen MR) is 66.2 cm³/mol. The van der Waals surface area contributed by atoms with E-state index in [1.165, 1.54) is 0 Å². The van der Waals surface area contributed by atoms with Gasteiger partial charge in [0, 0.05) is 6.61 Å². The molecule has 0 saturated heterocycles. The van der Waals surface area contributed by atoms with Crippen molar-refractivity contribution in [1.82, 2.24) is 0 Å². The summed E-state index contributed by atoms with van der Waals surface area (Å²) in [6.45, 7) is 4.60. The zero-order chi connectivity index (χ0) is 12.3. The van der Waals surface area contributed by atoms with Gasteiger partial charge < -0.3 is 14.6 Å². The first-order chi connectivity index (χ1) is 8.12. The van der Waals surface area contributed by atoms with E-state index in [0.29, 0.717) is 19.3 Å². The molecule has 0 spiro atoms. The Hall–Kier alpha value is -1.06. The zero-order valence-electron chi connectivity index (χ0n) is 10.5. The number of hydrogen-bond acceptors (Lipinski definition) is 3. The highest BCUT2D eigenvalue weighted by molar-refractivity contribution is 5.31. The third kappa shape index (κ3) is 3.45. The van der Waals surface area contributed by atoms with Crippen molar-refractivity contribution in [1.29, 1.82) is 0 Å². The Morgan fingerprint density at radius 2 is 1.94 bits per heavy atom. The van der Waals surface area contributed by atoms with E-state index in [0.717, 1.165) is 24.2 Å². The maximum absolute atomic E-state index is 10.2. The normalized spacial score (nSPS) is 18.8. The largest absolute Gasteiger partial charge is 0.490 e. The lowest BCUT2D eigenvalue weighted by Crippen LogP contribution is -2.27. The lowest BCUT2D eigenvalue weighted by molar-refractivity contribution is -0.0343. The van der Waals surface area contributed by atoms with Crippen LogP contribution in [0.25, 0.3) is 0 Å². The van der Waals surface area contributed by atoms with Crippen LogP contribution in [0.4, 0.5) is 0 Å². The van der Waals surface area contributed by atoms with E-state index in [2.05, 4.69) is 0 Å². The topological polar surface area (TPSA) is 38.7 Å². The molecule has 1 atom stereocenters. The Kier molecular flexibility index (Phi) is 3.69. The number of aliphatic hydroxyl groups is 1. The van der Waals surface area contributed by atoms with E-state index in [-0.39, 0.29) is 0 Å². The highest BCUT2D eigenvalue weighted by Crippen LogP contribution is 2.28. The fourth-order valence-corrected chi connectivity index (χ4v) is 1.66. The molecular formula is C14H20O3. The summed E-state index contributed by atoms with van der Waals surface area (Å²) in [5.41, 5.74) is -0.0807. The quantitative estimate of drug-likeness (QED) is 0.824. The molecule has 1 fully saturated rings. The van der Waals surface area contributed by atoms with Gasteiger partial charge in [-0.3, -0.25) is 0 Å². The van der Waals surface area contributed by atoms with E-state index in [9.17, 15) is 5.11 Å². The lowest BCUT2D eigenvalue weighted by Gasteiger charge is -2.23. The number of benzene rings is 1. The summed E-state index contributed by atoms with van der Waals surface area (Å²) in [6.07, 6.45) is 2.72. The maximum atomic E-state index is 10.2. The maximum Gasteiger partial charge on any atom is 0.119 e. The Labute approximate surface area is 102 Å². The molecule has 0 heterocycles. The van der Waals surface area contributed by atoms with Crippen molar-refractivity contribution in [3.63, 3.8) is 0 Å². The molecule has 1 aromatic rings. The van der Waals surface area contributed by atoms with E-state index < -0.39 is 5.60 Å². The molecule has 17 heavy (non-hydrogen) atoms. The minimum atomic E-state index is -0.936. The van der Waals surface area contributed by atoms with Gasteiger partial charge in [0.15, 0.2) is 0 Å². The Balaban J connectivity index is 1.99. The molecule has 1 saturated carbocycles. The van der Waals surface area contributed by atoms with E-state index in [1.807, 2.05) is 31.2 Å². The lowest BCUT2D eigenvalue weighted by atomic mass is 9.97. The third-order valence-corrected chi connectivity index (χ3v) is 2.89. The first-order valence-electron chi connectivity index (χ1n) is 6.19. The average molecular weight is 236 g/mol. The Morgan fingerprint density at radius 3 is 2.47 bits per heavy atom. The van der Waals surface area contributed by atoms with Gasteiger partial charge in [-0.05, 0) is 44.4 Å². The second-order valence-corrected chi connectivity index (χ2v) is 4.75. The summed E-state index contributed by atoms with van der Waals surface area (Å²) >= 11 is 0. The van der Waals surface area contributed by atoms with Crippen molar-refractivity contribution in [2.75, 3.05) is 13.2 Å². The molecule has 0 amide bonds. The SMILES string of the molecule is CCOCC(C)(O)c1ccc(OC2CC2)cc1. The van der Waals surface area contributed by atoms with Crippen LogP contribution in [0.5, 0.6) is 5.75 Å². The molecule has 0 aromatic heterocycles. The smallest absolute Gasteiger partial charge is 0.119 e. The van der Waals surface area contributed by atoms with Crippen LogP contribution in [0.15, 0.2) is 24.3 Å². The van der Waals surface area contributed by atoms with Gasteiger partial charge in [0.05, 0.1) is 12.7 Å². The fraction of sp³-hybridized carbons (Fsp3) is 0.571. The zero-order valence-corrected chi connectivity index (χ0v) is 10.5. The fourth-order valence-electron chi connectivity index (χ4n) is 1.66. The number of hydrogen-bond donors (Lipinski definition) is 1. The molecule has 0 aliphatic heterocycles. The van der Waals surface area contributed by atoms with Crippen LogP contribution in [-0.4, -0.2) is 24.4 Å². The molecule has 3 nitrogen and oxygen atoms in total. The Bertz CT molecular complexity index is 352. The van der Waals surface area contributed by atoms with Crippen molar-refractivity contribution in [3.8, 4) is 5.75 Å². The summed E-state index contributed by atoms with van der Waals surface area (Å²) in [6, 6.07) is 7.62. The van der Waals surface area contributed by atoms with Crippen LogP contribution in [0.1, 0.15) is 32.3 Å². The molecule has 0 radical (unpaired) electrons. The van der Waals surface area contributed by atoms with Crippen LogP contribution >= 0.6 is 0 Å². The number of rotatable bonds is 6. The van der Waals surface area contributed by atoms with Crippen LogP contribution in [0.3, 0.4) is 0 Å². The first kappa shape index (κ1) is 12.4. The molecule has 3 heteroatoms. The highest BCUT2D eigenvalue weighted by Gasteiger charge is 2.25. The van der Waals surface area contributed by atoms with Crippen molar-refractivity contribution in [2.45, 2.75) is 38.4 Å². The van der Waals surface area contributed by atoms with Gasteiger partial charge in [0.2, 0.25) is 0 Å². The van der Waals surface area contributed by atoms with Crippen LogP contribution in [0.2, 0.25) is 0 Å². The van der Waals surface area contributed by atoms with Crippen LogP contribution in [-0.2, 0) is 10.3 Å². The molecule has 0 bridgehead atoms. The molecule has 1 unspecified atom stereocenters. The molecule has 1 aliphatic carbocycles.